The average Bonchev–Trinajstić information content (AvgIpc) is 2.68. The summed E-state index contributed by atoms with van der Waals surface area (Å²) in [5.41, 5.74) is -0.584. The lowest BCUT2D eigenvalue weighted by atomic mass is 9.97. The smallest absolute Gasteiger partial charge is 0.198 e. The number of thioether (sulfide) groups is 1. The van der Waals surface area contributed by atoms with Gasteiger partial charge < -0.3 is 20.3 Å². The number of amidine groups is 1. The minimum Gasteiger partial charge on any atom is -0.387 e. The van der Waals surface area contributed by atoms with Gasteiger partial charge in [0.05, 0.1) is 6.10 Å². The molecule has 0 bridgehead atoms. The lowest BCUT2D eigenvalue weighted by Gasteiger charge is -2.37. The van der Waals surface area contributed by atoms with Gasteiger partial charge in [0.15, 0.2) is 17.7 Å². The quantitative estimate of drug-likeness (QED) is 0.645. The van der Waals surface area contributed by atoms with Gasteiger partial charge in [-0.3, -0.25) is 4.99 Å². The molecule has 5 nitrogen and oxygen atoms in total. The minimum atomic E-state index is -2.13. The van der Waals surface area contributed by atoms with Crippen molar-refractivity contribution in [1.82, 2.24) is 5.32 Å². The van der Waals surface area contributed by atoms with Gasteiger partial charge in [-0.05, 0) is 0 Å². The molecule has 3 N–H and O–H groups in total. The predicted octanol–water partition coefficient (Wildman–Crippen LogP) is -0.221. The maximum Gasteiger partial charge on any atom is 0.198 e. The van der Waals surface area contributed by atoms with Gasteiger partial charge in [-0.15, -0.1) is 0 Å². The van der Waals surface area contributed by atoms with E-state index < -0.39 is 42.6 Å². The number of nitrogens with one attached hydrogen (secondary N) is 1. The van der Waals surface area contributed by atoms with E-state index in [0.717, 1.165) is 0 Å². The van der Waals surface area contributed by atoms with Gasteiger partial charge in [-0.2, -0.15) is 0 Å². The second kappa shape index (κ2) is 5.05. The SMILES string of the molecule is CNC1=N[C@@H]2[C@@H](F)[C@H](O)[C@@H](C[C@H](O)F)O[C@@H]2S1. The fourth-order valence-corrected chi connectivity index (χ4v) is 2.98. The average molecular weight is 268 g/mol. The van der Waals surface area contributed by atoms with E-state index in [-0.39, 0.29) is 0 Å². The first-order valence-electron chi connectivity index (χ1n) is 5.25. The van der Waals surface area contributed by atoms with Crippen LogP contribution in [0.2, 0.25) is 0 Å². The van der Waals surface area contributed by atoms with Crippen LogP contribution in [-0.2, 0) is 4.74 Å². The Morgan fingerprint density at radius 3 is 2.94 bits per heavy atom. The van der Waals surface area contributed by atoms with Crippen molar-refractivity contribution >= 4 is 16.9 Å². The van der Waals surface area contributed by atoms with Crippen LogP contribution in [0.15, 0.2) is 4.99 Å². The fourth-order valence-electron chi connectivity index (χ4n) is 1.91. The van der Waals surface area contributed by atoms with Gasteiger partial charge in [0.2, 0.25) is 0 Å². The largest absolute Gasteiger partial charge is 0.387 e. The lowest BCUT2D eigenvalue weighted by Crippen LogP contribution is -2.53. The van der Waals surface area contributed by atoms with Crippen LogP contribution < -0.4 is 5.32 Å². The number of nitrogens with zero attached hydrogens (tertiary/aromatic N) is 1. The summed E-state index contributed by atoms with van der Waals surface area (Å²) in [5.74, 6) is 0. The highest BCUT2D eigenvalue weighted by atomic mass is 32.2. The minimum absolute atomic E-state index is 0.444. The molecular weight excluding hydrogens is 254 g/mol. The monoisotopic (exact) mass is 268 g/mol. The molecular formula is C9H14F2N2O3S. The first-order valence-corrected chi connectivity index (χ1v) is 6.13. The third kappa shape index (κ3) is 2.54. The summed E-state index contributed by atoms with van der Waals surface area (Å²) in [6.45, 7) is 0. The number of aliphatic imine (C=N–C) groups is 1. The zero-order valence-corrected chi connectivity index (χ0v) is 9.90. The normalized spacial score (nSPS) is 42.9. The topological polar surface area (TPSA) is 74.1 Å². The Bertz CT molecular complexity index is 319. The number of ether oxygens (including phenoxy) is 1. The van der Waals surface area contributed by atoms with Crippen LogP contribution >= 0.6 is 11.8 Å². The lowest BCUT2D eigenvalue weighted by molar-refractivity contribution is -0.151. The number of alkyl halides is 2. The molecule has 2 aliphatic rings. The molecule has 0 spiro atoms. The highest BCUT2D eigenvalue weighted by Crippen LogP contribution is 2.38. The van der Waals surface area contributed by atoms with Gasteiger partial charge >= 0.3 is 0 Å². The van der Waals surface area contributed by atoms with E-state index in [1.165, 1.54) is 11.8 Å². The number of aliphatic hydroxyl groups is 2. The van der Waals surface area contributed by atoms with Crippen molar-refractivity contribution in [2.75, 3.05) is 7.05 Å². The Kier molecular flexibility index (Phi) is 3.86. The Hall–Kier alpha value is -0.440. The molecule has 0 unspecified atom stereocenters. The molecule has 0 saturated carbocycles. The summed E-state index contributed by atoms with van der Waals surface area (Å²) in [5, 5.41) is 21.5. The highest BCUT2D eigenvalue weighted by Gasteiger charge is 2.49. The predicted molar refractivity (Wildman–Crippen MR) is 59.2 cm³/mol. The summed E-state index contributed by atoms with van der Waals surface area (Å²) in [6.07, 6.45) is -6.71. The van der Waals surface area contributed by atoms with Crippen molar-refractivity contribution in [3.8, 4) is 0 Å². The Balaban J connectivity index is 2.07. The van der Waals surface area contributed by atoms with Crippen molar-refractivity contribution < 1.29 is 23.7 Å². The summed E-state index contributed by atoms with van der Waals surface area (Å²) in [6, 6.07) is -0.787. The molecule has 0 aromatic carbocycles. The second-order valence-electron chi connectivity index (χ2n) is 3.94. The molecule has 0 aromatic rings. The number of aliphatic hydroxyl groups excluding tert-OH is 2. The van der Waals surface area contributed by atoms with Gasteiger partial charge in [0.25, 0.3) is 0 Å². The molecule has 98 valence electrons. The van der Waals surface area contributed by atoms with Crippen molar-refractivity contribution in [3.05, 3.63) is 0 Å². The molecule has 8 heteroatoms. The maximum atomic E-state index is 13.9. The maximum absolute atomic E-state index is 13.9. The van der Waals surface area contributed by atoms with Crippen LogP contribution in [-0.4, -0.2) is 58.6 Å². The summed E-state index contributed by atoms with van der Waals surface area (Å²) in [4.78, 5) is 4.03. The molecule has 2 aliphatic heterocycles. The molecule has 6 atom stereocenters. The van der Waals surface area contributed by atoms with Crippen LogP contribution in [0.5, 0.6) is 0 Å². The molecule has 17 heavy (non-hydrogen) atoms. The van der Waals surface area contributed by atoms with E-state index in [2.05, 4.69) is 10.3 Å². The highest BCUT2D eigenvalue weighted by molar-refractivity contribution is 8.14. The summed E-state index contributed by atoms with van der Waals surface area (Å²) >= 11 is 1.19. The van der Waals surface area contributed by atoms with Crippen LogP contribution in [0.1, 0.15) is 6.42 Å². The zero-order valence-electron chi connectivity index (χ0n) is 9.09. The molecule has 0 radical (unpaired) electrons. The van der Waals surface area contributed by atoms with E-state index in [1.807, 2.05) is 0 Å². The van der Waals surface area contributed by atoms with Crippen molar-refractivity contribution in [3.63, 3.8) is 0 Å². The Morgan fingerprint density at radius 1 is 1.65 bits per heavy atom. The van der Waals surface area contributed by atoms with Crippen LogP contribution in [0, 0.1) is 0 Å². The van der Waals surface area contributed by atoms with Crippen molar-refractivity contribution in [1.29, 1.82) is 0 Å². The van der Waals surface area contributed by atoms with Crippen LogP contribution in [0.25, 0.3) is 0 Å². The molecule has 1 saturated heterocycles. The Labute approximate surface area is 101 Å². The van der Waals surface area contributed by atoms with E-state index in [0.29, 0.717) is 5.17 Å². The first-order chi connectivity index (χ1) is 8.02. The fraction of sp³-hybridized carbons (Fsp3) is 0.889. The number of hydrogen-bond donors (Lipinski definition) is 3. The molecule has 0 amide bonds. The molecule has 2 heterocycles. The third-order valence-corrected chi connectivity index (χ3v) is 3.91. The Morgan fingerprint density at radius 2 is 2.35 bits per heavy atom. The van der Waals surface area contributed by atoms with E-state index in [9.17, 15) is 13.9 Å². The van der Waals surface area contributed by atoms with E-state index in [1.54, 1.807) is 7.05 Å². The van der Waals surface area contributed by atoms with Crippen LogP contribution in [0.4, 0.5) is 8.78 Å². The molecule has 2 rings (SSSR count). The van der Waals surface area contributed by atoms with Crippen molar-refractivity contribution in [2.24, 2.45) is 4.99 Å². The summed E-state index contributed by atoms with van der Waals surface area (Å²) < 4.78 is 31.7. The van der Waals surface area contributed by atoms with Crippen molar-refractivity contribution in [2.45, 2.75) is 42.6 Å². The zero-order chi connectivity index (χ0) is 12.6. The molecule has 0 aliphatic carbocycles. The van der Waals surface area contributed by atoms with E-state index >= 15 is 0 Å². The van der Waals surface area contributed by atoms with Gasteiger partial charge in [0, 0.05) is 13.5 Å². The second-order valence-corrected chi connectivity index (χ2v) is 5.03. The first kappa shape index (κ1) is 13.0. The number of rotatable bonds is 2. The molecule has 1 fully saturated rings. The standard InChI is InChI=1S/C9H14F2N2O3S/c1-12-9-13-6-5(11)7(15)3(2-4(10)14)16-8(6)17-9/h3-8,14-15H,2H2,1H3,(H,12,13)/t3-,4+,5-,6-,7-,8-/m1/s1. The van der Waals surface area contributed by atoms with Gasteiger partial charge in [0.1, 0.15) is 17.6 Å². The third-order valence-electron chi connectivity index (χ3n) is 2.76. The van der Waals surface area contributed by atoms with Gasteiger partial charge in [-0.1, -0.05) is 11.8 Å². The van der Waals surface area contributed by atoms with Crippen LogP contribution in [0.3, 0.4) is 0 Å². The van der Waals surface area contributed by atoms with E-state index in [4.69, 9.17) is 9.84 Å². The van der Waals surface area contributed by atoms with Gasteiger partial charge in [-0.25, -0.2) is 8.78 Å². The molecule has 0 aromatic heterocycles. The summed E-state index contributed by atoms with van der Waals surface area (Å²) in [7, 11) is 1.65. The number of hydrogen-bond acceptors (Lipinski definition) is 6. The number of fused-ring (bicyclic) bond motifs is 1. The number of halogens is 2.